The lowest BCUT2D eigenvalue weighted by Gasteiger charge is -2.35. The van der Waals surface area contributed by atoms with Gasteiger partial charge >= 0.3 is 6.18 Å². The lowest BCUT2D eigenvalue weighted by atomic mass is 9.81. The third-order valence-corrected chi connectivity index (χ3v) is 10.8. The summed E-state index contributed by atoms with van der Waals surface area (Å²) in [7, 11) is 0.640. The molecule has 3 aromatic rings. The van der Waals surface area contributed by atoms with Crippen LogP contribution in [0, 0.1) is 0 Å². The van der Waals surface area contributed by atoms with Crippen LogP contribution in [0.1, 0.15) is 41.2 Å². The van der Waals surface area contributed by atoms with Gasteiger partial charge in [0.25, 0.3) is 11.5 Å². The topological polar surface area (TPSA) is 85.1 Å². The van der Waals surface area contributed by atoms with Gasteiger partial charge in [-0.1, -0.05) is 39.1 Å². The highest BCUT2D eigenvalue weighted by atomic mass is 28.3. The number of carbonyl (C=O) groups excluding carboxylic acids is 1. The molecule has 8 nitrogen and oxygen atoms in total. The highest BCUT2D eigenvalue weighted by Crippen LogP contribution is 2.29. The lowest BCUT2D eigenvalue weighted by Crippen LogP contribution is -2.42. The maximum atomic E-state index is 13.3. The molecule has 216 valence electrons. The van der Waals surface area contributed by atoms with Gasteiger partial charge in [0.05, 0.1) is 0 Å². The zero-order valence-electron chi connectivity index (χ0n) is 23.7. The number of pyridine rings is 1. The molecule has 0 aliphatic carbocycles. The molecular formula is C28H37F3N6O2Si. The van der Waals surface area contributed by atoms with Gasteiger partial charge in [0, 0.05) is 40.0 Å². The minimum atomic E-state index is -4.60. The molecule has 3 heterocycles. The summed E-state index contributed by atoms with van der Waals surface area (Å²) >= 11 is 0. The van der Waals surface area contributed by atoms with E-state index < -0.39 is 32.3 Å². The number of alkyl halides is 3. The summed E-state index contributed by atoms with van der Waals surface area (Å²) in [5.41, 5.74) is 0.250. The van der Waals surface area contributed by atoms with Crippen molar-refractivity contribution in [2.75, 3.05) is 18.4 Å². The van der Waals surface area contributed by atoms with Crippen LogP contribution in [0.5, 0.6) is 0 Å². The Labute approximate surface area is 233 Å². The van der Waals surface area contributed by atoms with Gasteiger partial charge in [0.15, 0.2) is 0 Å². The van der Waals surface area contributed by atoms with E-state index in [0.717, 1.165) is 36.6 Å². The zero-order valence-corrected chi connectivity index (χ0v) is 24.7. The molecule has 0 bridgehead atoms. The van der Waals surface area contributed by atoms with E-state index in [1.165, 1.54) is 12.3 Å². The molecule has 1 N–H and O–H groups in total. The first kappa shape index (κ1) is 29.7. The molecule has 0 spiro atoms. The minimum Gasteiger partial charge on any atom is -0.322 e. The van der Waals surface area contributed by atoms with Crippen LogP contribution in [0.25, 0.3) is 0 Å². The number of aromatic nitrogens is 4. The van der Waals surface area contributed by atoms with Crippen LogP contribution < -0.4 is 10.9 Å². The summed E-state index contributed by atoms with van der Waals surface area (Å²) in [5.74, 6) is 0.0688. The number of hydrogen-bond donors (Lipinski definition) is 1. The maximum Gasteiger partial charge on any atom is 0.406 e. The van der Waals surface area contributed by atoms with Gasteiger partial charge in [-0.25, -0.2) is 0 Å². The molecule has 1 saturated heterocycles. The zero-order chi connectivity index (χ0) is 29.3. The molecule has 0 atom stereocenters. The molecular weight excluding hydrogens is 537 g/mol. The number of halogens is 3. The first-order chi connectivity index (χ1) is 18.6. The fourth-order valence-corrected chi connectivity index (χ4v) is 7.11. The second-order valence-electron chi connectivity index (χ2n) is 12.2. The average Bonchev–Trinajstić information content (AvgIpc) is 3.25. The predicted molar refractivity (Wildman–Crippen MR) is 151 cm³/mol. The van der Waals surface area contributed by atoms with Crippen LogP contribution in [0.2, 0.25) is 25.2 Å². The molecule has 12 heteroatoms. The molecule has 4 rings (SSSR count). The van der Waals surface area contributed by atoms with Crippen molar-refractivity contribution in [3.05, 3.63) is 75.7 Å². The van der Waals surface area contributed by atoms with Crippen molar-refractivity contribution >= 4 is 19.7 Å². The molecule has 0 unspecified atom stereocenters. The van der Waals surface area contributed by atoms with E-state index in [2.05, 4.69) is 33.5 Å². The number of aryl methyl sites for hydroxylation is 1. The quantitative estimate of drug-likeness (QED) is 0.390. The van der Waals surface area contributed by atoms with Gasteiger partial charge in [-0.2, -0.15) is 13.2 Å². The number of hydrogen-bond acceptors (Lipinski definition) is 5. The Morgan fingerprint density at radius 3 is 2.45 bits per heavy atom. The van der Waals surface area contributed by atoms with E-state index in [4.69, 9.17) is 0 Å². The largest absolute Gasteiger partial charge is 0.406 e. The van der Waals surface area contributed by atoms with Gasteiger partial charge in [-0.3, -0.25) is 14.5 Å². The Hall–Kier alpha value is -3.25. The highest BCUT2D eigenvalue weighted by Gasteiger charge is 2.31. The number of nitrogens with zero attached hydrogens (tertiary/aromatic N) is 5. The van der Waals surface area contributed by atoms with Gasteiger partial charge in [-0.05, 0) is 59.9 Å². The molecule has 1 aliphatic rings. The van der Waals surface area contributed by atoms with Crippen LogP contribution in [0.4, 0.5) is 18.9 Å². The van der Waals surface area contributed by atoms with E-state index >= 15 is 0 Å². The molecule has 40 heavy (non-hydrogen) atoms. The Morgan fingerprint density at radius 1 is 1.12 bits per heavy atom. The predicted octanol–water partition coefficient (Wildman–Crippen LogP) is 4.84. The fraction of sp³-hybridized carbons (Fsp3) is 0.500. The van der Waals surface area contributed by atoms with E-state index in [1.54, 1.807) is 18.5 Å². The molecule has 1 amide bonds. The highest BCUT2D eigenvalue weighted by molar-refractivity contribution is 6.77. The van der Waals surface area contributed by atoms with Crippen LogP contribution in [-0.2, 0) is 32.0 Å². The smallest absolute Gasteiger partial charge is 0.322 e. The molecule has 0 saturated carbocycles. The standard InChI is InChI=1S/C28H37F3N6O2Si/c1-27(2,15-24-34-32-19-35(24)3)21-7-6-8-22(14-21)33-25(38)23-13-20(16-36-9-11-40(4,5)12-10-36)17-37(26(23)39)18-28(29,30)31/h6-8,13-14,17,19H,9-12,15-16,18H2,1-5H3,(H,33,38). The number of anilines is 1. The van der Waals surface area contributed by atoms with E-state index in [1.807, 2.05) is 37.6 Å². The van der Waals surface area contributed by atoms with Crippen LogP contribution in [0.3, 0.4) is 0 Å². The Balaban J connectivity index is 1.58. The minimum absolute atomic E-state index is 0.308. The number of amides is 1. The molecule has 1 fully saturated rings. The van der Waals surface area contributed by atoms with Gasteiger partial charge in [0.2, 0.25) is 0 Å². The number of rotatable bonds is 8. The molecule has 1 aliphatic heterocycles. The maximum absolute atomic E-state index is 13.3. The van der Waals surface area contributed by atoms with E-state index in [9.17, 15) is 22.8 Å². The van der Waals surface area contributed by atoms with Crippen molar-refractivity contribution in [2.45, 2.75) is 70.1 Å². The molecule has 2 aromatic heterocycles. The second-order valence-corrected chi connectivity index (χ2v) is 17.5. The van der Waals surface area contributed by atoms with Crippen molar-refractivity contribution in [3.63, 3.8) is 0 Å². The Bertz CT molecular complexity index is 1420. The third-order valence-electron chi connectivity index (χ3n) is 7.66. The summed E-state index contributed by atoms with van der Waals surface area (Å²) in [6.07, 6.45) is -1.13. The van der Waals surface area contributed by atoms with Gasteiger partial charge in [0.1, 0.15) is 24.3 Å². The first-order valence-electron chi connectivity index (χ1n) is 13.4. The van der Waals surface area contributed by atoms with E-state index in [-0.39, 0.29) is 11.0 Å². The average molecular weight is 575 g/mol. The summed E-state index contributed by atoms with van der Waals surface area (Å²) < 4.78 is 42.4. The monoisotopic (exact) mass is 574 g/mol. The third kappa shape index (κ3) is 7.48. The van der Waals surface area contributed by atoms with E-state index in [0.29, 0.717) is 28.8 Å². The molecule has 1 aromatic carbocycles. The van der Waals surface area contributed by atoms with Crippen molar-refractivity contribution in [1.82, 2.24) is 24.2 Å². The number of nitrogens with one attached hydrogen (secondary N) is 1. The summed E-state index contributed by atoms with van der Waals surface area (Å²) in [4.78, 5) is 28.5. The van der Waals surface area contributed by atoms with Crippen molar-refractivity contribution in [2.24, 2.45) is 7.05 Å². The number of benzene rings is 1. The first-order valence-corrected chi connectivity index (χ1v) is 16.8. The Morgan fingerprint density at radius 2 is 1.82 bits per heavy atom. The van der Waals surface area contributed by atoms with Gasteiger partial charge < -0.3 is 14.5 Å². The van der Waals surface area contributed by atoms with Crippen molar-refractivity contribution in [3.8, 4) is 0 Å². The van der Waals surface area contributed by atoms with Crippen LogP contribution in [-0.4, -0.2) is 57.5 Å². The van der Waals surface area contributed by atoms with Crippen LogP contribution >= 0.6 is 0 Å². The van der Waals surface area contributed by atoms with Crippen molar-refractivity contribution < 1.29 is 18.0 Å². The van der Waals surface area contributed by atoms with Gasteiger partial charge in [-0.15, -0.1) is 10.2 Å². The van der Waals surface area contributed by atoms with Crippen LogP contribution in [0.15, 0.2) is 47.7 Å². The Kier molecular flexibility index (Phi) is 8.41. The second kappa shape index (κ2) is 11.3. The SMILES string of the molecule is Cn1cnnc1CC(C)(C)c1cccc(NC(=O)c2cc(CN3CC[Si](C)(C)CC3)cn(CC(F)(F)F)c2=O)c1. The summed E-state index contributed by atoms with van der Waals surface area (Å²) in [6, 6.07) is 10.9. The summed E-state index contributed by atoms with van der Waals surface area (Å²) in [5, 5.41) is 10.8. The fourth-order valence-electron chi connectivity index (χ4n) is 5.01. The summed E-state index contributed by atoms with van der Waals surface area (Å²) in [6.45, 7) is 9.41. The van der Waals surface area contributed by atoms with Crippen molar-refractivity contribution in [1.29, 1.82) is 0 Å². The number of carbonyl (C=O) groups is 1. The normalized spacial score (nSPS) is 16.2. The lowest BCUT2D eigenvalue weighted by molar-refractivity contribution is -0.141. The molecule has 0 radical (unpaired) electrons.